The molecule has 0 aliphatic rings. The van der Waals surface area contributed by atoms with Crippen molar-refractivity contribution >= 4 is 34.0 Å². The predicted molar refractivity (Wildman–Crippen MR) is 218 cm³/mol. The third kappa shape index (κ3) is 13.9. The maximum atomic E-state index is 14.2. The van der Waals surface area contributed by atoms with E-state index in [0.29, 0.717) is 12.2 Å². The van der Waals surface area contributed by atoms with E-state index in [1.807, 2.05) is 42.6 Å². The van der Waals surface area contributed by atoms with Crippen LogP contribution in [0.3, 0.4) is 0 Å². The Hall–Kier alpha value is -7.41. The van der Waals surface area contributed by atoms with Crippen LogP contribution in [0.15, 0.2) is 128 Å². The summed E-state index contributed by atoms with van der Waals surface area (Å²) < 4.78 is 347. The lowest BCUT2D eigenvalue weighted by molar-refractivity contribution is -0.690. The molecule has 0 N–H and O–H groups in total. The summed E-state index contributed by atoms with van der Waals surface area (Å²) in [5.74, 6) is -0.488. The number of benzene rings is 5. The Labute approximate surface area is 410 Å². The summed E-state index contributed by atoms with van der Waals surface area (Å²) in [5.41, 5.74) is -28.7. The van der Waals surface area contributed by atoms with Gasteiger partial charge in [0.1, 0.15) is 12.2 Å². The van der Waals surface area contributed by atoms with Crippen molar-refractivity contribution in [3.05, 3.63) is 183 Å². The number of carbonyl (C=O) groups excluding carboxylic acids is 1. The molecule has 0 saturated carbocycles. The molecule has 6 rings (SSSR count). The van der Waals surface area contributed by atoms with E-state index in [9.17, 15) is 110 Å². The first-order valence-corrected chi connectivity index (χ1v) is 20.5. The normalized spacial score (nSPS) is 13.1. The number of hydrogen-bond acceptors (Lipinski definition) is 3. The van der Waals surface area contributed by atoms with Gasteiger partial charge in [-0.2, -0.15) is 137 Å². The second-order valence-electron chi connectivity index (χ2n) is 16.2. The van der Waals surface area contributed by atoms with Crippen LogP contribution >= 0.6 is 0 Å². The zero-order valence-corrected chi connectivity index (χ0v) is 36.9. The molecule has 76 heavy (non-hydrogen) atoms. The molecule has 0 saturated heterocycles. The summed E-state index contributed by atoms with van der Waals surface area (Å²) in [6.07, 6.45) is -53.0. The summed E-state index contributed by atoms with van der Waals surface area (Å²) in [4.78, 5) is 11.8. The number of esters is 1. The van der Waals surface area contributed by atoms with Gasteiger partial charge in [-0.15, -0.1) is 0 Å². The summed E-state index contributed by atoms with van der Waals surface area (Å²) in [6.45, 7) is 0.345. The maximum absolute atomic E-state index is 14.2. The predicted octanol–water partition coefficient (Wildman–Crippen LogP) is 12.9. The van der Waals surface area contributed by atoms with Crippen LogP contribution < -0.4 is 26.4 Å². The fourth-order valence-corrected chi connectivity index (χ4v) is 7.82. The van der Waals surface area contributed by atoms with Crippen molar-refractivity contribution in [2.75, 3.05) is 6.61 Å². The van der Waals surface area contributed by atoms with E-state index in [1.54, 1.807) is 22.8 Å². The summed E-state index contributed by atoms with van der Waals surface area (Å²) in [5, 5.41) is 8.43. The van der Waals surface area contributed by atoms with Crippen LogP contribution in [0, 0.1) is 11.3 Å². The molecule has 0 radical (unpaired) electrons. The van der Waals surface area contributed by atoms with Gasteiger partial charge in [-0.05, 0) is 30.3 Å². The van der Waals surface area contributed by atoms with E-state index in [2.05, 4.69) is 0 Å². The molecular weight excluding hydrogens is 1090 g/mol. The van der Waals surface area contributed by atoms with Gasteiger partial charge in [0.25, 0.3) is 5.69 Å². The minimum atomic E-state index is -6.13. The highest BCUT2D eigenvalue weighted by Crippen LogP contribution is 2.41. The number of pyridine rings is 1. The Bertz CT molecular complexity index is 2670. The molecule has 406 valence electrons. The Kier molecular flexibility index (Phi) is 16.4. The molecule has 0 fully saturated rings. The molecule has 1 aromatic heterocycles. The van der Waals surface area contributed by atoms with Gasteiger partial charge in [-0.1, -0.05) is 78.9 Å². The monoisotopic (exact) mass is 1120 g/mol. The van der Waals surface area contributed by atoms with Gasteiger partial charge in [0.15, 0.2) is 19.3 Å². The highest BCUT2D eigenvalue weighted by molar-refractivity contribution is 7.20. The molecule has 0 spiro atoms. The zero-order chi connectivity index (χ0) is 57.4. The Morgan fingerprint density at radius 3 is 0.921 bits per heavy atom. The first-order valence-electron chi connectivity index (χ1n) is 20.5. The van der Waals surface area contributed by atoms with E-state index in [-0.39, 0.29) is 6.61 Å². The average molecular weight is 1120 g/mol. The van der Waals surface area contributed by atoms with E-state index < -0.39 is 201 Å². The van der Waals surface area contributed by atoms with Crippen molar-refractivity contribution in [1.82, 2.24) is 0 Å². The molecule has 6 aromatic rings. The second-order valence-corrected chi connectivity index (χ2v) is 16.2. The molecule has 5 aromatic carbocycles. The van der Waals surface area contributed by atoms with Gasteiger partial charge < -0.3 is 4.74 Å². The smallest absolute Gasteiger partial charge is 0.416 e. The molecule has 1 heterocycles. The number of hydrogen-bond donors (Lipinski definition) is 0. The van der Waals surface area contributed by atoms with Crippen molar-refractivity contribution < 1.29 is 119 Å². The van der Waals surface area contributed by atoms with Crippen molar-refractivity contribution in [1.29, 1.82) is 5.26 Å². The van der Waals surface area contributed by atoms with Gasteiger partial charge in [-0.25, -0.2) is 4.79 Å². The van der Waals surface area contributed by atoms with Gasteiger partial charge in [0, 0.05) is 17.7 Å². The van der Waals surface area contributed by atoms with E-state index >= 15 is 0 Å². The number of halogens is 24. The minimum absolute atomic E-state index is 0.237. The Morgan fingerprint density at radius 1 is 0.408 bits per heavy atom. The second kappa shape index (κ2) is 21.0. The topological polar surface area (TPSA) is 54.0 Å². The van der Waals surface area contributed by atoms with Crippen LogP contribution in [-0.4, -0.2) is 18.7 Å². The number of nitriles is 1. The van der Waals surface area contributed by atoms with Gasteiger partial charge in [0.05, 0.1) is 44.5 Å². The lowest BCUT2D eigenvalue weighted by Gasteiger charge is -2.46. The van der Waals surface area contributed by atoms with E-state index in [0.717, 1.165) is 5.56 Å². The fourth-order valence-electron chi connectivity index (χ4n) is 7.82. The maximum Gasteiger partial charge on any atom is 0.416 e. The molecule has 0 unspecified atom stereocenters. The number of ether oxygens (including phenoxy) is 1. The van der Waals surface area contributed by atoms with Crippen LogP contribution in [0.4, 0.5) is 105 Å². The minimum Gasteiger partial charge on any atom is -0.442 e. The van der Waals surface area contributed by atoms with Crippen molar-refractivity contribution in [3.63, 3.8) is 0 Å². The fraction of sp³-hybridized carbons (Fsp3) is 0.213. The number of rotatable bonds is 8. The standard InChI is InChI=1S/C32H12BF24.C15H13N2O2/c34-25(35,36)13-1-14(26(37,38)39)6-21(5-13)33(22-7-15(27(40,41)42)2-16(8-22)28(43,44)45,23-9-17(29(46,47)48)3-18(10-23)30(49,50)51)24-11-19(31(52,53)54)4-20(12-24)32(55,56)57;16-9-11-19-15(18)14-8-4-5-10-17(14)12-13-6-2-1-3-7-13/h1-12H;1-8,10H,11-12H2/q-1;+1. The zero-order valence-electron chi connectivity index (χ0n) is 36.9. The molecular formula is C47H25BF24N2O2. The van der Waals surface area contributed by atoms with Crippen LogP contribution in [-0.2, 0) is 60.7 Å². The van der Waals surface area contributed by atoms with Crippen molar-refractivity contribution in [3.8, 4) is 6.07 Å². The van der Waals surface area contributed by atoms with Crippen molar-refractivity contribution in [2.24, 2.45) is 0 Å². The first-order chi connectivity index (χ1) is 34.6. The summed E-state index contributed by atoms with van der Waals surface area (Å²) in [6, 6.07) is 8.11. The summed E-state index contributed by atoms with van der Waals surface area (Å²) in [7, 11) is 0. The number of alkyl halides is 24. The third-order valence-electron chi connectivity index (χ3n) is 11.1. The van der Waals surface area contributed by atoms with Gasteiger partial charge in [-0.3, -0.25) is 0 Å². The van der Waals surface area contributed by atoms with Gasteiger partial charge >= 0.3 is 55.4 Å². The molecule has 29 heteroatoms. The first kappa shape index (κ1) is 59.5. The van der Waals surface area contributed by atoms with E-state index in [4.69, 9.17) is 10.00 Å². The summed E-state index contributed by atoms with van der Waals surface area (Å²) >= 11 is 0. The SMILES string of the molecule is FC(F)(F)c1cc([B-](c2cc(C(F)(F)F)cc(C(F)(F)F)c2)(c2cc(C(F)(F)F)cc(C(F)(F)F)c2)c2cc(C(F)(F)F)cc(C(F)(F)F)c2)cc(C(F)(F)F)c1.N#CCOC(=O)c1cccc[n+]1Cc1ccccc1. The molecule has 0 bridgehead atoms. The van der Waals surface area contributed by atoms with Crippen LogP contribution in [0.2, 0.25) is 0 Å². The number of nitrogens with zero attached hydrogens (tertiary/aromatic N) is 2. The molecule has 0 aliphatic heterocycles. The van der Waals surface area contributed by atoms with Crippen LogP contribution in [0.5, 0.6) is 0 Å². The third-order valence-corrected chi connectivity index (χ3v) is 11.1. The van der Waals surface area contributed by atoms with Gasteiger partial charge in [0.2, 0.25) is 0 Å². The van der Waals surface area contributed by atoms with Crippen molar-refractivity contribution in [2.45, 2.75) is 56.0 Å². The van der Waals surface area contributed by atoms with Crippen LogP contribution in [0.1, 0.15) is 60.6 Å². The molecule has 0 amide bonds. The average Bonchev–Trinajstić information content (AvgIpc) is 3.29. The number of carbonyl (C=O) groups is 1. The largest absolute Gasteiger partial charge is 0.442 e. The molecule has 4 nitrogen and oxygen atoms in total. The lowest BCUT2D eigenvalue weighted by atomic mass is 9.12. The molecule has 0 atom stereocenters. The Balaban J connectivity index is 0.000000468. The molecule has 0 aliphatic carbocycles. The quantitative estimate of drug-likeness (QED) is 0.0660. The van der Waals surface area contributed by atoms with Crippen LogP contribution in [0.25, 0.3) is 0 Å². The lowest BCUT2D eigenvalue weighted by Crippen LogP contribution is -2.75. The van der Waals surface area contributed by atoms with E-state index in [1.165, 1.54) is 0 Å². The number of aromatic nitrogens is 1. The Morgan fingerprint density at radius 2 is 0.671 bits per heavy atom. The highest BCUT2D eigenvalue weighted by atomic mass is 19.4. The highest BCUT2D eigenvalue weighted by Gasteiger charge is 2.47.